The van der Waals surface area contributed by atoms with E-state index in [1.54, 1.807) is 22.9 Å². The molecule has 5 rings (SSSR count). The molecule has 3 N–H and O–H groups in total. The van der Waals surface area contributed by atoms with Crippen LogP contribution in [0.4, 0.5) is 11.6 Å². The number of aromatic hydroxyl groups is 1. The number of fused-ring (bicyclic) bond motifs is 1. The van der Waals surface area contributed by atoms with E-state index < -0.39 is 6.04 Å². The summed E-state index contributed by atoms with van der Waals surface area (Å²) in [6.07, 6.45) is 0. The van der Waals surface area contributed by atoms with E-state index in [0.29, 0.717) is 33.2 Å². The molecule has 1 aliphatic rings. The lowest BCUT2D eigenvalue weighted by atomic mass is 9.94. The Morgan fingerprint density at radius 3 is 2.68 bits per heavy atom. The smallest absolute Gasteiger partial charge is 0.255 e. The molecule has 37 heavy (non-hydrogen) atoms. The van der Waals surface area contributed by atoms with Crippen LogP contribution in [-0.2, 0) is 10.5 Å². The van der Waals surface area contributed by atoms with Crippen molar-refractivity contribution in [2.45, 2.75) is 37.7 Å². The van der Waals surface area contributed by atoms with Gasteiger partial charge >= 0.3 is 0 Å². The fourth-order valence-electron chi connectivity index (χ4n) is 4.39. The molecule has 0 fully saturated rings. The van der Waals surface area contributed by atoms with E-state index in [4.69, 9.17) is 16.7 Å². The molecule has 0 saturated carbocycles. The van der Waals surface area contributed by atoms with Gasteiger partial charge in [0.25, 0.3) is 5.91 Å². The number of thioether (sulfide) groups is 1. The monoisotopic (exact) mass is 531 g/mol. The molecule has 4 aromatic rings. The lowest BCUT2D eigenvalue weighted by Crippen LogP contribution is -2.31. The van der Waals surface area contributed by atoms with Crippen LogP contribution in [0.3, 0.4) is 0 Å². The van der Waals surface area contributed by atoms with Gasteiger partial charge in [-0.1, -0.05) is 71.4 Å². The van der Waals surface area contributed by atoms with Gasteiger partial charge < -0.3 is 15.7 Å². The van der Waals surface area contributed by atoms with Crippen molar-refractivity contribution in [2.75, 3.05) is 10.6 Å². The minimum atomic E-state index is -0.587. The number of carbonyl (C=O) groups excluding carboxylic acids is 1. The van der Waals surface area contributed by atoms with Gasteiger partial charge in [-0.3, -0.25) is 4.79 Å². The quantitative estimate of drug-likeness (QED) is 0.247. The Hall–Kier alpha value is -3.75. The summed E-state index contributed by atoms with van der Waals surface area (Å²) in [5, 5.41) is 22.5. The Morgan fingerprint density at radius 2 is 1.92 bits per heavy atom. The zero-order valence-electron chi connectivity index (χ0n) is 20.6. The highest BCUT2D eigenvalue weighted by Crippen LogP contribution is 2.38. The second-order valence-electron chi connectivity index (χ2n) is 8.98. The molecule has 1 unspecified atom stereocenters. The Bertz CT molecular complexity index is 1530. The van der Waals surface area contributed by atoms with Crippen molar-refractivity contribution in [2.24, 2.45) is 0 Å². The van der Waals surface area contributed by atoms with Crippen molar-refractivity contribution >= 4 is 40.9 Å². The standard InChI is InChI=1S/C28H26ClN5O2S/c1-16-11-12-23(17(2)13-16)31-26(36)24-18(3)30-27-32-28(37-15-20-7-4-5-10-22(20)29)33-34(27)25(24)19-8-6-9-21(35)14-19/h4-14,25,35H,15H2,1-3H3,(H,31,36)(H,30,32,33). The van der Waals surface area contributed by atoms with E-state index in [1.807, 2.05) is 69.3 Å². The SMILES string of the molecule is CC1=C(C(=O)Nc2ccc(C)cc2C)C(c2cccc(O)c2)n2nc(SCc3ccccc3Cl)nc2N1. The highest BCUT2D eigenvalue weighted by molar-refractivity contribution is 7.98. The zero-order chi connectivity index (χ0) is 26.1. The number of allylic oxidation sites excluding steroid dienone is 1. The molecule has 2 heterocycles. The summed E-state index contributed by atoms with van der Waals surface area (Å²) in [5.74, 6) is 0.983. The molecular weight excluding hydrogens is 506 g/mol. The molecule has 7 nitrogen and oxygen atoms in total. The first kappa shape index (κ1) is 24.9. The van der Waals surface area contributed by atoms with Gasteiger partial charge in [-0.25, -0.2) is 4.68 Å². The van der Waals surface area contributed by atoms with Crippen LogP contribution >= 0.6 is 23.4 Å². The number of hydrogen-bond donors (Lipinski definition) is 3. The summed E-state index contributed by atoms with van der Waals surface area (Å²) >= 11 is 7.78. The highest BCUT2D eigenvalue weighted by Gasteiger charge is 2.34. The molecular formula is C28H26ClN5O2S. The molecule has 0 spiro atoms. The number of aryl methyl sites for hydroxylation is 2. The lowest BCUT2D eigenvalue weighted by molar-refractivity contribution is -0.113. The Balaban J connectivity index is 1.50. The summed E-state index contributed by atoms with van der Waals surface area (Å²) in [6, 6.07) is 19.9. The maximum atomic E-state index is 13.7. The fourth-order valence-corrected chi connectivity index (χ4v) is 5.51. The number of phenols is 1. The van der Waals surface area contributed by atoms with Crippen molar-refractivity contribution < 1.29 is 9.90 Å². The fraction of sp³-hybridized carbons (Fsp3) is 0.179. The van der Waals surface area contributed by atoms with E-state index in [-0.39, 0.29) is 11.7 Å². The van der Waals surface area contributed by atoms with Gasteiger partial charge in [0, 0.05) is 22.2 Å². The van der Waals surface area contributed by atoms with Crippen molar-refractivity contribution in [3.05, 3.63) is 105 Å². The van der Waals surface area contributed by atoms with Gasteiger partial charge in [0.1, 0.15) is 11.8 Å². The van der Waals surface area contributed by atoms with E-state index in [1.165, 1.54) is 11.8 Å². The predicted molar refractivity (Wildman–Crippen MR) is 148 cm³/mol. The highest BCUT2D eigenvalue weighted by atomic mass is 35.5. The van der Waals surface area contributed by atoms with Crippen LogP contribution in [-0.4, -0.2) is 25.8 Å². The average Bonchev–Trinajstić information content (AvgIpc) is 3.26. The third kappa shape index (κ3) is 5.21. The molecule has 0 radical (unpaired) electrons. The van der Waals surface area contributed by atoms with Gasteiger partial charge in [-0.05, 0) is 61.7 Å². The van der Waals surface area contributed by atoms with Crippen molar-refractivity contribution in [3.8, 4) is 5.75 Å². The number of carbonyl (C=O) groups is 1. The number of halogens is 1. The Morgan fingerprint density at radius 1 is 1.11 bits per heavy atom. The van der Waals surface area contributed by atoms with Crippen LogP contribution in [0.2, 0.25) is 5.02 Å². The summed E-state index contributed by atoms with van der Waals surface area (Å²) in [4.78, 5) is 18.4. The third-order valence-corrected chi connectivity index (χ3v) is 7.46. The van der Waals surface area contributed by atoms with E-state index in [2.05, 4.69) is 15.6 Å². The number of benzene rings is 3. The van der Waals surface area contributed by atoms with Crippen LogP contribution in [0.5, 0.6) is 5.75 Å². The summed E-state index contributed by atoms with van der Waals surface area (Å²) in [7, 11) is 0. The number of phenolic OH excluding ortho intramolecular Hbond substituents is 1. The first-order chi connectivity index (χ1) is 17.8. The molecule has 0 bridgehead atoms. The van der Waals surface area contributed by atoms with Gasteiger partial charge in [0.05, 0.1) is 5.57 Å². The summed E-state index contributed by atoms with van der Waals surface area (Å²) < 4.78 is 1.70. The van der Waals surface area contributed by atoms with Crippen LogP contribution < -0.4 is 10.6 Å². The summed E-state index contributed by atoms with van der Waals surface area (Å²) in [6.45, 7) is 5.83. The molecule has 0 saturated heterocycles. The normalized spacial score (nSPS) is 14.8. The van der Waals surface area contributed by atoms with Crippen LogP contribution in [0.25, 0.3) is 0 Å². The number of amides is 1. The molecule has 0 aliphatic carbocycles. The van der Waals surface area contributed by atoms with Crippen molar-refractivity contribution in [3.63, 3.8) is 0 Å². The van der Waals surface area contributed by atoms with Gasteiger partial charge in [-0.15, -0.1) is 5.10 Å². The van der Waals surface area contributed by atoms with Gasteiger partial charge in [0.2, 0.25) is 11.1 Å². The number of anilines is 2. The Labute approximate surface area is 224 Å². The molecule has 1 aliphatic heterocycles. The van der Waals surface area contributed by atoms with Crippen molar-refractivity contribution in [1.82, 2.24) is 14.8 Å². The number of nitrogens with one attached hydrogen (secondary N) is 2. The van der Waals surface area contributed by atoms with Gasteiger partial charge in [0.15, 0.2) is 0 Å². The van der Waals surface area contributed by atoms with Crippen LogP contribution in [0, 0.1) is 13.8 Å². The topological polar surface area (TPSA) is 92.1 Å². The van der Waals surface area contributed by atoms with Gasteiger partial charge in [-0.2, -0.15) is 4.98 Å². The number of aromatic nitrogens is 3. The van der Waals surface area contributed by atoms with E-state index in [9.17, 15) is 9.90 Å². The van der Waals surface area contributed by atoms with E-state index in [0.717, 1.165) is 27.9 Å². The lowest BCUT2D eigenvalue weighted by Gasteiger charge is -2.29. The number of hydrogen-bond acceptors (Lipinski definition) is 6. The first-order valence-corrected chi connectivity index (χ1v) is 13.1. The molecule has 1 atom stereocenters. The zero-order valence-corrected chi connectivity index (χ0v) is 22.2. The van der Waals surface area contributed by atoms with Crippen molar-refractivity contribution in [1.29, 1.82) is 0 Å². The second-order valence-corrected chi connectivity index (χ2v) is 10.3. The first-order valence-electron chi connectivity index (χ1n) is 11.8. The predicted octanol–water partition coefficient (Wildman–Crippen LogP) is 6.47. The average molecular weight is 532 g/mol. The largest absolute Gasteiger partial charge is 0.508 e. The molecule has 188 valence electrons. The maximum absolute atomic E-state index is 13.7. The number of rotatable bonds is 6. The summed E-state index contributed by atoms with van der Waals surface area (Å²) in [5.41, 5.74) is 5.71. The molecule has 3 aromatic carbocycles. The molecule has 9 heteroatoms. The minimum absolute atomic E-state index is 0.109. The number of nitrogens with zero attached hydrogens (tertiary/aromatic N) is 3. The third-order valence-electron chi connectivity index (χ3n) is 6.21. The molecule has 1 amide bonds. The van der Waals surface area contributed by atoms with Crippen LogP contribution in [0.1, 0.15) is 35.2 Å². The molecule has 1 aromatic heterocycles. The maximum Gasteiger partial charge on any atom is 0.255 e. The second kappa shape index (κ2) is 10.3. The Kier molecular flexibility index (Phi) is 6.95. The van der Waals surface area contributed by atoms with E-state index >= 15 is 0 Å². The van der Waals surface area contributed by atoms with Crippen LogP contribution in [0.15, 0.2) is 83.2 Å². The minimum Gasteiger partial charge on any atom is -0.508 e.